The third-order valence-corrected chi connectivity index (χ3v) is 1.98. The molecule has 0 spiro atoms. The second kappa shape index (κ2) is 6.62. The average Bonchev–Trinajstić information content (AvgIpc) is 2.28. The average molecular weight is 239 g/mol. The fourth-order valence-corrected chi connectivity index (χ4v) is 1.15. The Kier molecular flexibility index (Phi) is 5.12. The van der Waals surface area contributed by atoms with E-state index >= 15 is 0 Å². The van der Waals surface area contributed by atoms with E-state index in [0.29, 0.717) is 0 Å². The van der Waals surface area contributed by atoms with E-state index in [1.54, 1.807) is 0 Å². The van der Waals surface area contributed by atoms with Gasteiger partial charge in [-0.15, -0.1) is 0 Å². The summed E-state index contributed by atoms with van der Waals surface area (Å²) in [5.41, 5.74) is 3.08. The predicted octanol–water partition coefficient (Wildman–Crippen LogP) is 0.636. The highest BCUT2D eigenvalue weighted by Crippen LogP contribution is 2.00. The van der Waals surface area contributed by atoms with Crippen LogP contribution in [0.2, 0.25) is 0 Å². The lowest BCUT2D eigenvalue weighted by Gasteiger charge is -2.12. The first kappa shape index (κ1) is 13.1. The SMILES string of the molecule is O=C(O)C[C@@H](NOCc1ccccc1)C(=O)O. The smallest absolute Gasteiger partial charge is 0.323 e. The lowest BCUT2D eigenvalue weighted by Crippen LogP contribution is -2.38. The van der Waals surface area contributed by atoms with Crippen LogP contribution in [0.15, 0.2) is 30.3 Å². The Morgan fingerprint density at radius 3 is 2.41 bits per heavy atom. The molecule has 0 bridgehead atoms. The van der Waals surface area contributed by atoms with Gasteiger partial charge in [0.05, 0.1) is 13.0 Å². The number of hydrogen-bond acceptors (Lipinski definition) is 4. The zero-order chi connectivity index (χ0) is 12.7. The molecule has 0 aliphatic carbocycles. The van der Waals surface area contributed by atoms with Crippen LogP contribution >= 0.6 is 0 Å². The number of nitrogens with one attached hydrogen (secondary N) is 1. The van der Waals surface area contributed by atoms with Gasteiger partial charge in [-0.3, -0.25) is 14.4 Å². The maximum Gasteiger partial charge on any atom is 0.323 e. The van der Waals surface area contributed by atoms with E-state index in [1.165, 1.54) is 0 Å². The van der Waals surface area contributed by atoms with Crippen LogP contribution in [0.3, 0.4) is 0 Å². The molecule has 0 saturated carbocycles. The van der Waals surface area contributed by atoms with Crippen LogP contribution in [0.5, 0.6) is 0 Å². The maximum atomic E-state index is 10.7. The fourth-order valence-electron chi connectivity index (χ4n) is 1.15. The number of hydroxylamine groups is 1. The van der Waals surface area contributed by atoms with Gasteiger partial charge >= 0.3 is 11.9 Å². The molecule has 0 amide bonds. The van der Waals surface area contributed by atoms with Crippen molar-refractivity contribution in [1.82, 2.24) is 5.48 Å². The Morgan fingerprint density at radius 2 is 1.88 bits per heavy atom. The van der Waals surface area contributed by atoms with Gasteiger partial charge in [-0.05, 0) is 5.56 Å². The molecule has 92 valence electrons. The Bertz CT molecular complexity index is 379. The molecule has 6 nitrogen and oxygen atoms in total. The molecular formula is C11H13NO5. The largest absolute Gasteiger partial charge is 0.481 e. The molecule has 6 heteroatoms. The monoisotopic (exact) mass is 239 g/mol. The van der Waals surface area contributed by atoms with Gasteiger partial charge in [-0.2, -0.15) is 5.48 Å². The Hall–Kier alpha value is -1.92. The minimum atomic E-state index is -1.26. The number of carboxylic acid groups (broad SMARTS) is 2. The van der Waals surface area contributed by atoms with Gasteiger partial charge in [-0.1, -0.05) is 30.3 Å². The van der Waals surface area contributed by atoms with Gasteiger partial charge in [-0.25, -0.2) is 0 Å². The van der Waals surface area contributed by atoms with Crippen molar-refractivity contribution in [3.05, 3.63) is 35.9 Å². The highest BCUT2D eigenvalue weighted by atomic mass is 16.6. The molecule has 0 aliphatic rings. The van der Waals surface area contributed by atoms with Gasteiger partial charge in [0, 0.05) is 0 Å². The van der Waals surface area contributed by atoms with Crippen LogP contribution in [0.25, 0.3) is 0 Å². The number of carboxylic acids is 2. The first-order chi connectivity index (χ1) is 8.09. The number of carbonyl (C=O) groups is 2. The minimum absolute atomic E-state index is 0.171. The van der Waals surface area contributed by atoms with E-state index in [-0.39, 0.29) is 6.61 Å². The van der Waals surface area contributed by atoms with Crippen LogP contribution in [-0.2, 0) is 21.0 Å². The van der Waals surface area contributed by atoms with Crippen molar-refractivity contribution in [2.75, 3.05) is 0 Å². The maximum absolute atomic E-state index is 10.7. The molecule has 0 unspecified atom stereocenters. The normalized spacial score (nSPS) is 12.0. The summed E-state index contributed by atoms with van der Waals surface area (Å²) in [6, 6.07) is 7.87. The summed E-state index contributed by atoms with van der Waals surface area (Å²) < 4.78 is 0. The number of aliphatic carboxylic acids is 2. The quantitative estimate of drug-likeness (QED) is 0.604. The molecule has 0 radical (unpaired) electrons. The zero-order valence-corrected chi connectivity index (χ0v) is 9.00. The molecule has 0 fully saturated rings. The summed E-state index contributed by atoms with van der Waals surface area (Å²) in [4.78, 5) is 26.0. The van der Waals surface area contributed by atoms with Crippen LogP contribution < -0.4 is 5.48 Å². The van der Waals surface area contributed by atoms with E-state index in [2.05, 4.69) is 5.48 Å². The van der Waals surface area contributed by atoms with Crippen LogP contribution in [-0.4, -0.2) is 28.2 Å². The van der Waals surface area contributed by atoms with Crippen molar-refractivity contribution in [3.63, 3.8) is 0 Å². The molecule has 0 heterocycles. The van der Waals surface area contributed by atoms with Crippen molar-refractivity contribution in [1.29, 1.82) is 0 Å². The van der Waals surface area contributed by atoms with Crippen molar-refractivity contribution >= 4 is 11.9 Å². The first-order valence-electron chi connectivity index (χ1n) is 4.95. The van der Waals surface area contributed by atoms with E-state index < -0.39 is 24.4 Å². The molecule has 0 aromatic heterocycles. The van der Waals surface area contributed by atoms with Gasteiger partial charge in [0.2, 0.25) is 0 Å². The summed E-state index contributed by atoms with van der Waals surface area (Å²) in [5, 5.41) is 17.2. The van der Waals surface area contributed by atoms with Crippen molar-refractivity contribution in [2.24, 2.45) is 0 Å². The summed E-state index contributed by atoms with van der Waals surface area (Å²) in [7, 11) is 0. The van der Waals surface area contributed by atoms with E-state index in [4.69, 9.17) is 15.1 Å². The van der Waals surface area contributed by atoms with Crippen molar-refractivity contribution in [3.8, 4) is 0 Å². The zero-order valence-electron chi connectivity index (χ0n) is 9.00. The van der Waals surface area contributed by atoms with Crippen LogP contribution in [0, 0.1) is 0 Å². The lowest BCUT2D eigenvalue weighted by molar-refractivity contribution is -0.151. The summed E-state index contributed by atoms with van der Waals surface area (Å²) in [6.45, 7) is 0.171. The molecular weight excluding hydrogens is 226 g/mol. The number of benzene rings is 1. The van der Waals surface area contributed by atoms with Crippen LogP contribution in [0.4, 0.5) is 0 Å². The molecule has 1 atom stereocenters. The topological polar surface area (TPSA) is 95.9 Å². The standard InChI is InChI=1S/C11H13NO5/c13-10(14)6-9(11(15)16)12-17-7-8-4-2-1-3-5-8/h1-5,9,12H,6-7H2,(H,13,14)(H,15,16)/t9-/m1/s1. The first-order valence-corrected chi connectivity index (χ1v) is 4.95. The van der Waals surface area contributed by atoms with Crippen molar-refractivity contribution in [2.45, 2.75) is 19.1 Å². The summed E-state index contributed by atoms with van der Waals surface area (Å²) >= 11 is 0. The molecule has 1 rings (SSSR count). The second-order valence-corrected chi connectivity index (χ2v) is 3.38. The molecule has 0 aliphatic heterocycles. The number of rotatable bonds is 7. The third-order valence-electron chi connectivity index (χ3n) is 1.98. The molecule has 17 heavy (non-hydrogen) atoms. The number of hydrogen-bond donors (Lipinski definition) is 3. The van der Waals surface area contributed by atoms with E-state index in [0.717, 1.165) is 5.56 Å². The molecule has 1 aromatic carbocycles. The fraction of sp³-hybridized carbons (Fsp3) is 0.273. The summed E-state index contributed by atoms with van der Waals surface area (Å²) in [6.07, 6.45) is -0.538. The van der Waals surface area contributed by atoms with Gasteiger partial charge in [0.15, 0.2) is 0 Å². The highest BCUT2D eigenvalue weighted by molar-refractivity contribution is 5.80. The highest BCUT2D eigenvalue weighted by Gasteiger charge is 2.20. The summed E-state index contributed by atoms with van der Waals surface area (Å²) in [5.74, 6) is -2.46. The van der Waals surface area contributed by atoms with Gasteiger partial charge in [0.25, 0.3) is 0 Å². The molecule has 0 saturated heterocycles. The third kappa shape index (κ3) is 5.10. The van der Waals surface area contributed by atoms with Gasteiger partial charge < -0.3 is 10.2 Å². The Balaban J connectivity index is 2.37. The molecule has 3 N–H and O–H groups in total. The van der Waals surface area contributed by atoms with E-state index in [9.17, 15) is 9.59 Å². The minimum Gasteiger partial charge on any atom is -0.481 e. The van der Waals surface area contributed by atoms with Crippen LogP contribution in [0.1, 0.15) is 12.0 Å². The van der Waals surface area contributed by atoms with E-state index in [1.807, 2.05) is 30.3 Å². The van der Waals surface area contributed by atoms with Crippen molar-refractivity contribution < 1.29 is 24.6 Å². The lowest BCUT2D eigenvalue weighted by atomic mass is 10.2. The second-order valence-electron chi connectivity index (χ2n) is 3.38. The Morgan fingerprint density at radius 1 is 1.24 bits per heavy atom. The molecule has 1 aromatic rings. The Labute approximate surface area is 97.8 Å². The predicted molar refractivity (Wildman–Crippen MR) is 58.0 cm³/mol. The van der Waals surface area contributed by atoms with Gasteiger partial charge in [0.1, 0.15) is 6.04 Å².